The van der Waals surface area contributed by atoms with Gasteiger partial charge in [0.1, 0.15) is 0 Å². The predicted octanol–water partition coefficient (Wildman–Crippen LogP) is 1.07. The molecule has 0 N–H and O–H groups in total. The molecule has 2 saturated carbocycles. The minimum absolute atomic E-state index is 0.102. The molecule has 6 heteroatoms. The van der Waals surface area contributed by atoms with Gasteiger partial charge in [-0.1, -0.05) is 0 Å². The van der Waals surface area contributed by atoms with E-state index in [9.17, 15) is 8.42 Å². The van der Waals surface area contributed by atoms with E-state index in [0.717, 1.165) is 24.2 Å². The molecule has 0 spiro atoms. The van der Waals surface area contributed by atoms with Gasteiger partial charge < -0.3 is 0 Å². The molecule has 0 saturated heterocycles. The smallest absolute Gasteiger partial charge is 0.217 e. The van der Waals surface area contributed by atoms with Crippen LogP contribution in [0, 0.1) is 0 Å². The number of hydrogen-bond acceptors (Lipinski definition) is 3. The fourth-order valence-corrected chi connectivity index (χ4v) is 4.44. The summed E-state index contributed by atoms with van der Waals surface area (Å²) in [5.74, 6) is 0.636. The summed E-state index contributed by atoms with van der Waals surface area (Å²) in [6, 6.07) is 2.10. The molecule has 5 nitrogen and oxygen atoms in total. The predicted molar refractivity (Wildman–Crippen MR) is 66.6 cm³/mol. The van der Waals surface area contributed by atoms with E-state index in [1.165, 1.54) is 12.8 Å². The fourth-order valence-electron chi connectivity index (χ4n) is 2.64. The quantitative estimate of drug-likeness (QED) is 0.823. The normalized spacial score (nSPS) is 25.1. The van der Waals surface area contributed by atoms with Crippen molar-refractivity contribution in [1.29, 1.82) is 0 Å². The van der Waals surface area contributed by atoms with Crippen LogP contribution in [0.1, 0.15) is 43.0 Å². The maximum Gasteiger partial charge on any atom is 0.217 e. The van der Waals surface area contributed by atoms with Crippen LogP contribution in [0.5, 0.6) is 0 Å². The Morgan fingerprint density at radius 1 is 1.17 bits per heavy atom. The van der Waals surface area contributed by atoms with Crippen LogP contribution >= 0.6 is 0 Å². The van der Waals surface area contributed by atoms with Gasteiger partial charge in [0.2, 0.25) is 10.0 Å². The summed E-state index contributed by atoms with van der Waals surface area (Å²) in [5.41, 5.74) is 2.23. The first-order valence-corrected chi connectivity index (χ1v) is 8.20. The highest BCUT2D eigenvalue weighted by Crippen LogP contribution is 2.40. The molecule has 0 unspecified atom stereocenters. The number of sulfonamides is 1. The Bertz CT molecular complexity index is 584. The number of fused-ring (bicyclic) bond motifs is 1. The van der Waals surface area contributed by atoms with Crippen LogP contribution in [0.25, 0.3) is 0 Å². The lowest BCUT2D eigenvalue weighted by Crippen LogP contribution is -2.40. The van der Waals surface area contributed by atoms with E-state index in [-0.39, 0.29) is 5.25 Å². The van der Waals surface area contributed by atoms with Gasteiger partial charge >= 0.3 is 0 Å². The molecule has 0 amide bonds. The third-order valence-electron chi connectivity index (χ3n) is 4.08. The number of rotatable bonds is 3. The van der Waals surface area contributed by atoms with Crippen LogP contribution in [-0.4, -0.2) is 34.3 Å². The lowest BCUT2D eigenvalue weighted by Gasteiger charge is -2.26. The molecule has 2 fully saturated rings. The maximum atomic E-state index is 12.2. The third kappa shape index (κ3) is 1.70. The Kier molecular flexibility index (Phi) is 2.18. The second-order valence-electron chi connectivity index (χ2n) is 5.64. The zero-order valence-electron chi connectivity index (χ0n) is 10.2. The molecule has 98 valence electrons. The Morgan fingerprint density at radius 3 is 2.61 bits per heavy atom. The molecule has 1 aliphatic heterocycles. The molecular weight excluding hydrogens is 250 g/mol. The van der Waals surface area contributed by atoms with Crippen molar-refractivity contribution in [2.75, 3.05) is 6.54 Å². The number of aromatic nitrogens is 2. The zero-order valence-corrected chi connectivity index (χ0v) is 11.1. The maximum absolute atomic E-state index is 12.2. The van der Waals surface area contributed by atoms with Crippen molar-refractivity contribution >= 4 is 10.0 Å². The van der Waals surface area contributed by atoms with E-state index in [1.807, 2.05) is 4.68 Å². The van der Waals surface area contributed by atoms with E-state index in [0.29, 0.717) is 25.6 Å². The Hall–Kier alpha value is -0.880. The summed E-state index contributed by atoms with van der Waals surface area (Å²) in [5, 5.41) is 4.48. The first kappa shape index (κ1) is 11.0. The lowest BCUT2D eigenvalue weighted by atomic mass is 10.2. The zero-order chi connectivity index (χ0) is 12.3. The minimum Gasteiger partial charge on any atom is -0.267 e. The fraction of sp³-hybridized carbons (Fsp3) is 0.750. The summed E-state index contributed by atoms with van der Waals surface area (Å²) in [6.45, 7) is 1.80. The highest BCUT2D eigenvalue weighted by molar-refractivity contribution is 7.90. The van der Waals surface area contributed by atoms with E-state index in [2.05, 4.69) is 11.2 Å². The third-order valence-corrected chi connectivity index (χ3v) is 6.43. The van der Waals surface area contributed by atoms with E-state index in [1.54, 1.807) is 4.31 Å². The monoisotopic (exact) mass is 267 g/mol. The molecule has 0 aromatic carbocycles. The van der Waals surface area contributed by atoms with Gasteiger partial charge in [0.15, 0.2) is 0 Å². The molecule has 1 aromatic rings. The summed E-state index contributed by atoms with van der Waals surface area (Å²) in [4.78, 5) is 0. The molecule has 0 atom stereocenters. The topological polar surface area (TPSA) is 55.2 Å². The van der Waals surface area contributed by atoms with Crippen LogP contribution < -0.4 is 0 Å². The molecule has 18 heavy (non-hydrogen) atoms. The van der Waals surface area contributed by atoms with E-state index < -0.39 is 10.0 Å². The van der Waals surface area contributed by atoms with Crippen molar-refractivity contribution < 1.29 is 8.42 Å². The highest BCUT2D eigenvalue weighted by Gasteiger charge is 2.41. The van der Waals surface area contributed by atoms with Crippen molar-refractivity contribution in [1.82, 2.24) is 14.1 Å². The first-order valence-electron chi connectivity index (χ1n) is 6.70. The van der Waals surface area contributed by atoms with Crippen molar-refractivity contribution in [3.05, 3.63) is 17.5 Å². The van der Waals surface area contributed by atoms with Crippen LogP contribution in [-0.2, 0) is 23.1 Å². The second kappa shape index (κ2) is 3.57. The first-order chi connectivity index (χ1) is 8.64. The minimum atomic E-state index is -3.03. The Labute approximate surface area is 107 Å². The molecule has 1 aromatic heterocycles. The van der Waals surface area contributed by atoms with Gasteiger partial charge in [-0.05, 0) is 31.7 Å². The summed E-state index contributed by atoms with van der Waals surface area (Å²) in [6.07, 6.45) is 4.15. The van der Waals surface area contributed by atoms with Crippen molar-refractivity contribution in [2.45, 2.75) is 49.9 Å². The number of hydrogen-bond donors (Lipinski definition) is 0. The summed E-state index contributed by atoms with van der Waals surface area (Å²) < 4.78 is 28.1. The van der Waals surface area contributed by atoms with Gasteiger partial charge in [0.05, 0.1) is 29.7 Å². The molecule has 3 aliphatic rings. The van der Waals surface area contributed by atoms with E-state index >= 15 is 0 Å². The van der Waals surface area contributed by atoms with Gasteiger partial charge in [-0.25, -0.2) is 8.42 Å². The largest absolute Gasteiger partial charge is 0.267 e. The second-order valence-corrected chi connectivity index (χ2v) is 7.85. The number of nitrogens with zero attached hydrogens (tertiary/aromatic N) is 3. The van der Waals surface area contributed by atoms with Crippen LogP contribution in [0.15, 0.2) is 6.07 Å². The van der Waals surface area contributed by atoms with Crippen molar-refractivity contribution in [2.24, 2.45) is 0 Å². The lowest BCUT2D eigenvalue weighted by molar-refractivity contribution is 0.325. The van der Waals surface area contributed by atoms with E-state index in [4.69, 9.17) is 0 Å². The van der Waals surface area contributed by atoms with Crippen LogP contribution in [0.2, 0.25) is 0 Å². The van der Waals surface area contributed by atoms with Gasteiger partial charge in [0.25, 0.3) is 0 Å². The van der Waals surface area contributed by atoms with Gasteiger partial charge in [0, 0.05) is 12.5 Å². The van der Waals surface area contributed by atoms with Gasteiger partial charge in [-0.3, -0.25) is 4.68 Å². The highest BCUT2D eigenvalue weighted by atomic mass is 32.2. The van der Waals surface area contributed by atoms with Crippen LogP contribution in [0.4, 0.5) is 0 Å². The van der Waals surface area contributed by atoms with Crippen LogP contribution in [0.3, 0.4) is 0 Å². The average molecular weight is 267 g/mol. The summed E-state index contributed by atoms with van der Waals surface area (Å²) in [7, 11) is -3.03. The molecule has 2 aliphatic carbocycles. The standard InChI is InChI=1S/C12H17N3O2S/c16-18(17,11-3-4-11)14-5-6-15-10(8-14)7-12(13-15)9-1-2-9/h7,9,11H,1-6,8H2. The van der Waals surface area contributed by atoms with Gasteiger partial charge in [-0.2, -0.15) is 9.40 Å². The Morgan fingerprint density at radius 2 is 1.94 bits per heavy atom. The molecule has 0 radical (unpaired) electrons. The van der Waals surface area contributed by atoms with Gasteiger partial charge in [-0.15, -0.1) is 0 Å². The molecule has 2 heterocycles. The molecular formula is C12H17N3O2S. The Balaban J connectivity index is 1.60. The summed E-state index contributed by atoms with van der Waals surface area (Å²) >= 11 is 0. The van der Waals surface area contributed by atoms with Crippen molar-refractivity contribution in [3.8, 4) is 0 Å². The molecule has 4 rings (SSSR count). The average Bonchev–Trinajstić information content (AvgIpc) is 3.22. The molecule has 0 bridgehead atoms. The SMILES string of the molecule is O=S(=O)(C1CC1)N1CCn2nc(C3CC3)cc2C1. The van der Waals surface area contributed by atoms with Crippen molar-refractivity contribution in [3.63, 3.8) is 0 Å².